The van der Waals surface area contributed by atoms with Crippen molar-refractivity contribution in [2.45, 2.75) is 26.3 Å². The van der Waals surface area contributed by atoms with Gasteiger partial charge in [0.15, 0.2) is 11.6 Å². The van der Waals surface area contributed by atoms with Gasteiger partial charge in [0, 0.05) is 0 Å². The van der Waals surface area contributed by atoms with Gasteiger partial charge in [-0.25, -0.2) is 13.6 Å². The second kappa shape index (κ2) is 5.23. The third-order valence-electron chi connectivity index (χ3n) is 3.67. The molecule has 7 heteroatoms. The first-order valence-electron chi connectivity index (χ1n) is 6.39. The standard InChI is InChI=1S/C14H13F2NO4/c1-3-6(2)11(14(20)21)17-12(18)7-4-9(15)10(16)5-8(7)13(17)19/h4-6,11H,3H2,1-2H3,(H,20,21). The average molecular weight is 297 g/mol. The summed E-state index contributed by atoms with van der Waals surface area (Å²) in [5.41, 5.74) is -0.623. The summed E-state index contributed by atoms with van der Waals surface area (Å²) >= 11 is 0. The van der Waals surface area contributed by atoms with E-state index in [0.717, 1.165) is 0 Å². The van der Waals surface area contributed by atoms with Crippen molar-refractivity contribution in [1.29, 1.82) is 0 Å². The number of imide groups is 1. The maximum absolute atomic E-state index is 13.2. The van der Waals surface area contributed by atoms with Crippen LogP contribution in [0.15, 0.2) is 12.1 Å². The Bertz CT molecular complexity index is 603. The van der Waals surface area contributed by atoms with E-state index in [1.54, 1.807) is 13.8 Å². The Hall–Kier alpha value is -2.31. The van der Waals surface area contributed by atoms with E-state index in [1.165, 1.54) is 0 Å². The SMILES string of the molecule is CCC(C)C(C(=O)O)N1C(=O)c2cc(F)c(F)cc2C1=O. The number of carboxylic acids is 1. The van der Waals surface area contributed by atoms with Crippen molar-refractivity contribution in [3.63, 3.8) is 0 Å². The van der Waals surface area contributed by atoms with E-state index in [4.69, 9.17) is 0 Å². The monoisotopic (exact) mass is 297 g/mol. The molecule has 1 aromatic carbocycles. The molecular formula is C14H13F2NO4. The molecule has 0 fully saturated rings. The lowest BCUT2D eigenvalue weighted by molar-refractivity contribution is -0.143. The highest BCUT2D eigenvalue weighted by Crippen LogP contribution is 2.29. The van der Waals surface area contributed by atoms with Crippen LogP contribution in [0.2, 0.25) is 0 Å². The average Bonchev–Trinajstić information content (AvgIpc) is 2.64. The third-order valence-corrected chi connectivity index (χ3v) is 3.67. The fourth-order valence-electron chi connectivity index (χ4n) is 2.34. The van der Waals surface area contributed by atoms with Crippen LogP contribution < -0.4 is 0 Å². The fraction of sp³-hybridized carbons (Fsp3) is 0.357. The van der Waals surface area contributed by atoms with E-state index in [0.29, 0.717) is 23.5 Å². The Morgan fingerprint density at radius 1 is 1.19 bits per heavy atom. The van der Waals surface area contributed by atoms with Gasteiger partial charge in [-0.05, 0) is 18.1 Å². The minimum Gasteiger partial charge on any atom is -0.480 e. The molecule has 0 bridgehead atoms. The van der Waals surface area contributed by atoms with Crippen molar-refractivity contribution in [1.82, 2.24) is 4.90 Å². The van der Waals surface area contributed by atoms with Crippen molar-refractivity contribution in [2.75, 3.05) is 0 Å². The van der Waals surface area contributed by atoms with Crippen LogP contribution in [-0.2, 0) is 4.79 Å². The van der Waals surface area contributed by atoms with E-state index in [-0.39, 0.29) is 11.1 Å². The molecule has 2 amide bonds. The highest BCUT2D eigenvalue weighted by Gasteiger charge is 2.45. The number of hydrogen-bond acceptors (Lipinski definition) is 3. The quantitative estimate of drug-likeness (QED) is 0.863. The Kier molecular flexibility index (Phi) is 3.76. The van der Waals surface area contributed by atoms with Gasteiger partial charge in [-0.2, -0.15) is 0 Å². The topological polar surface area (TPSA) is 74.7 Å². The Balaban J connectivity index is 2.52. The van der Waals surface area contributed by atoms with Gasteiger partial charge in [0.05, 0.1) is 11.1 Å². The van der Waals surface area contributed by atoms with Crippen LogP contribution in [-0.4, -0.2) is 33.8 Å². The smallest absolute Gasteiger partial charge is 0.327 e. The predicted octanol–water partition coefficient (Wildman–Crippen LogP) is 2.06. The van der Waals surface area contributed by atoms with E-state index >= 15 is 0 Å². The van der Waals surface area contributed by atoms with E-state index in [9.17, 15) is 28.3 Å². The summed E-state index contributed by atoms with van der Waals surface area (Å²) in [7, 11) is 0. The van der Waals surface area contributed by atoms with Crippen LogP contribution in [0.5, 0.6) is 0 Å². The number of benzene rings is 1. The van der Waals surface area contributed by atoms with Gasteiger partial charge in [-0.3, -0.25) is 14.5 Å². The number of amides is 2. The summed E-state index contributed by atoms with van der Waals surface area (Å²) in [5, 5.41) is 9.26. The molecule has 1 aliphatic rings. The number of nitrogens with zero attached hydrogens (tertiary/aromatic N) is 1. The highest BCUT2D eigenvalue weighted by molar-refractivity contribution is 6.22. The molecule has 1 aromatic rings. The van der Waals surface area contributed by atoms with Gasteiger partial charge in [0.2, 0.25) is 0 Å². The maximum Gasteiger partial charge on any atom is 0.327 e. The molecule has 2 atom stereocenters. The van der Waals surface area contributed by atoms with Gasteiger partial charge >= 0.3 is 5.97 Å². The molecule has 0 radical (unpaired) electrons. The zero-order valence-corrected chi connectivity index (χ0v) is 11.4. The van der Waals surface area contributed by atoms with Crippen LogP contribution in [0.3, 0.4) is 0 Å². The van der Waals surface area contributed by atoms with E-state index in [2.05, 4.69) is 0 Å². The largest absolute Gasteiger partial charge is 0.480 e. The number of aliphatic carboxylic acids is 1. The minimum atomic E-state index is -1.37. The number of carbonyl (C=O) groups excluding carboxylic acids is 2. The normalized spacial score (nSPS) is 16.9. The summed E-state index contributed by atoms with van der Waals surface area (Å²) in [6.07, 6.45) is 0.424. The number of fused-ring (bicyclic) bond motifs is 1. The molecule has 0 saturated heterocycles. The Morgan fingerprint density at radius 3 is 1.95 bits per heavy atom. The minimum absolute atomic E-state index is 0.312. The Morgan fingerprint density at radius 2 is 1.62 bits per heavy atom. The van der Waals surface area contributed by atoms with E-state index in [1.807, 2.05) is 0 Å². The van der Waals surface area contributed by atoms with Gasteiger partial charge in [-0.15, -0.1) is 0 Å². The summed E-state index contributed by atoms with van der Waals surface area (Å²) in [6, 6.07) is -0.116. The van der Waals surface area contributed by atoms with Crippen molar-refractivity contribution < 1.29 is 28.3 Å². The summed E-state index contributed by atoms with van der Waals surface area (Å²) < 4.78 is 26.4. The zero-order valence-electron chi connectivity index (χ0n) is 11.4. The van der Waals surface area contributed by atoms with Crippen LogP contribution in [0.25, 0.3) is 0 Å². The molecule has 2 rings (SSSR count). The third kappa shape index (κ3) is 2.28. The fourth-order valence-corrected chi connectivity index (χ4v) is 2.34. The van der Waals surface area contributed by atoms with Crippen molar-refractivity contribution in [2.24, 2.45) is 5.92 Å². The first-order chi connectivity index (χ1) is 9.79. The number of rotatable bonds is 4. The summed E-state index contributed by atoms with van der Waals surface area (Å²) in [6.45, 7) is 3.31. The first-order valence-corrected chi connectivity index (χ1v) is 6.39. The molecular weight excluding hydrogens is 284 g/mol. The predicted molar refractivity (Wildman–Crippen MR) is 67.7 cm³/mol. The summed E-state index contributed by atoms with van der Waals surface area (Å²) in [4.78, 5) is 36.3. The maximum atomic E-state index is 13.2. The van der Waals surface area contributed by atoms with Crippen LogP contribution >= 0.6 is 0 Å². The number of carboxylic acid groups (broad SMARTS) is 1. The zero-order chi connectivity index (χ0) is 15.9. The number of carbonyl (C=O) groups is 3. The molecule has 1 heterocycles. The van der Waals surface area contributed by atoms with Crippen molar-refractivity contribution >= 4 is 17.8 Å². The van der Waals surface area contributed by atoms with Crippen LogP contribution in [0, 0.1) is 17.6 Å². The molecule has 0 aromatic heterocycles. The van der Waals surface area contributed by atoms with Gasteiger partial charge < -0.3 is 5.11 Å². The second-order valence-electron chi connectivity index (χ2n) is 4.96. The molecule has 0 spiro atoms. The van der Waals surface area contributed by atoms with Crippen molar-refractivity contribution in [3.8, 4) is 0 Å². The summed E-state index contributed by atoms with van der Waals surface area (Å²) in [5.74, 6) is -6.17. The lowest BCUT2D eigenvalue weighted by atomic mass is 9.98. The number of hydrogen-bond donors (Lipinski definition) is 1. The first kappa shape index (κ1) is 15.1. The van der Waals surface area contributed by atoms with Crippen LogP contribution in [0.1, 0.15) is 41.0 Å². The highest BCUT2D eigenvalue weighted by atomic mass is 19.2. The second-order valence-corrected chi connectivity index (χ2v) is 4.96. The molecule has 0 aliphatic carbocycles. The molecule has 1 aliphatic heterocycles. The molecule has 2 unspecified atom stereocenters. The lowest BCUT2D eigenvalue weighted by Crippen LogP contribution is -2.48. The van der Waals surface area contributed by atoms with Gasteiger partial charge in [0.25, 0.3) is 11.8 Å². The van der Waals surface area contributed by atoms with E-state index < -0.39 is 41.4 Å². The molecule has 1 N–H and O–H groups in total. The molecule has 21 heavy (non-hydrogen) atoms. The Labute approximate surface area is 119 Å². The van der Waals surface area contributed by atoms with Gasteiger partial charge in [0.1, 0.15) is 6.04 Å². The molecule has 0 saturated carbocycles. The van der Waals surface area contributed by atoms with Crippen molar-refractivity contribution in [3.05, 3.63) is 34.9 Å². The number of halogens is 2. The molecule has 112 valence electrons. The van der Waals surface area contributed by atoms with Gasteiger partial charge in [-0.1, -0.05) is 20.3 Å². The van der Waals surface area contributed by atoms with Crippen LogP contribution in [0.4, 0.5) is 8.78 Å². The molecule has 5 nitrogen and oxygen atoms in total. The lowest BCUT2D eigenvalue weighted by Gasteiger charge is -2.27.